The fourth-order valence-electron chi connectivity index (χ4n) is 1.15. The number of aromatic nitrogens is 2. The number of fused-ring (bicyclic) bond motifs is 1. The third-order valence-corrected chi connectivity index (χ3v) is 3.25. The molecule has 0 aliphatic carbocycles. The summed E-state index contributed by atoms with van der Waals surface area (Å²) >= 11 is 1.68. The Morgan fingerprint density at radius 2 is 2.73 bits per heavy atom. The number of carbonyl (C=O) groups is 1. The highest BCUT2D eigenvalue weighted by Crippen LogP contribution is 2.35. The number of hydrogen-bond donors (Lipinski definition) is 0. The van der Waals surface area contributed by atoms with Gasteiger partial charge in [0.2, 0.25) is 0 Å². The van der Waals surface area contributed by atoms with Crippen molar-refractivity contribution >= 4 is 18.0 Å². The van der Waals surface area contributed by atoms with Crippen molar-refractivity contribution in [3.8, 4) is 0 Å². The first kappa shape index (κ1) is 6.91. The summed E-state index contributed by atoms with van der Waals surface area (Å²) in [5.41, 5.74) is -0.365. The van der Waals surface area contributed by atoms with Gasteiger partial charge >= 0.3 is 0 Å². The molecule has 0 amide bonds. The molecule has 2 heterocycles. The zero-order valence-electron chi connectivity index (χ0n) is 6.15. The monoisotopic (exact) mass is 168 g/mol. The number of rotatable bonds is 1. The number of aldehydes is 1. The van der Waals surface area contributed by atoms with Crippen LogP contribution in [0.1, 0.15) is 6.92 Å². The van der Waals surface area contributed by atoms with Gasteiger partial charge in [-0.3, -0.25) is 0 Å². The quantitative estimate of drug-likeness (QED) is 0.584. The van der Waals surface area contributed by atoms with Crippen LogP contribution in [0.15, 0.2) is 17.6 Å². The Labute approximate surface area is 68.8 Å². The second-order valence-electron chi connectivity index (χ2n) is 2.87. The maximum atomic E-state index is 10.7. The van der Waals surface area contributed by atoms with Crippen molar-refractivity contribution in [2.24, 2.45) is 0 Å². The molecule has 0 N–H and O–H groups in total. The molecule has 0 fully saturated rings. The lowest BCUT2D eigenvalue weighted by Crippen LogP contribution is -2.29. The van der Waals surface area contributed by atoms with Gasteiger partial charge in [-0.25, -0.2) is 4.98 Å². The number of carbonyl (C=O) groups excluding carboxylic acids is 1. The maximum Gasteiger partial charge on any atom is 0.146 e. The van der Waals surface area contributed by atoms with Crippen molar-refractivity contribution in [1.82, 2.24) is 9.55 Å². The Balaban J connectivity index is 2.53. The number of imidazole rings is 1. The summed E-state index contributed by atoms with van der Waals surface area (Å²) < 4.78 is 1.92. The van der Waals surface area contributed by atoms with Crippen LogP contribution in [-0.4, -0.2) is 21.6 Å². The van der Waals surface area contributed by atoms with E-state index in [0.717, 1.165) is 17.1 Å². The van der Waals surface area contributed by atoms with Crippen LogP contribution in [0.25, 0.3) is 0 Å². The molecular weight excluding hydrogens is 160 g/mol. The van der Waals surface area contributed by atoms with Crippen LogP contribution in [0.4, 0.5) is 0 Å². The topological polar surface area (TPSA) is 34.9 Å². The van der Waals surface area contributed by atoms with E-state index in [0.29, 0.717) is 0 Å². The van der Waals surface area contributed by atoms with Crippen LogP contribution in [0.5, 0.6) is 0 Å². The minimum absolute atomic E-state index is 0.365. The van der Waals surface area contributed by atoms with Gasteiger partial charge in [-0.05, 0) is 6.92 Å². The van der Waals surface area contributed by atoms with Crippen LogP contribution in [0.3, 0.4) is 0 Å². The predicted molar refractivity (Wildman–Crippen MR) is 42.7 cm³/mol. The first-order valence-corrected chi connectivity index (χ1v) is 4.37. The molecule has 0 spiro atoms. The summed E-state index contributed by atoms with van der Waals surface area (Å²) in [6.45, 7) is 1.92. The molecule has 3 nitrogen and oxygen atoms in total. The molecule has 2 rings (SSSR count). The summed E-state index contributed by atoms with van der Waals surface area (Å²) in [6, 6.07) is 0. The van der Waals surface area contributed by atoms with Crippen molar-refractivity contribution in [2.45, 2.75) is 17.5 Å². The molecule has 0 aromatic carbocycles. The molecular formula is C7H8N2OS. The highest BCUT2D eigenvalue weighted by atomic mass is 32.2. The largest absolute Gasteiger partial charge is 0.312 e. The van der Waals surface area contributed by atoms with E-state index in [1.807, 2.05) is 11.5 Å². The highest BCUT2D eigenvalue weighted by Gasteiger charge is 2.33. The van der Waals surface area contributed by atoms with E-state index in [4.69, 9.17) is 0 Å². The number of nitrogens with zero attached hydrogens (tertiary/aromatic N) is 2. The summed E-state index contributed by atoms with van der Waals surface area (Å²) in [5.74, 6) is 0.828. The minimum atomic E-state index is -0.365. The summed E-state index contributed by atoms with van der Waals surface area (Å²) in [5, 5.41) is 1.08. The summed E-state index contributed by atoms with van der Waals surface area (Å²) in [4.78, 5) is 14.7. The molecule has 1 unspecified atom stereocenters. The van der Waals surface area contributed by atoms with Crippen LogP contribution in [0, 0.1) is 0 Å². The average molecular weight is 168 g/mol. The Morgan fingerprint density at radius 1 is 1.91 bits per heavy atom. The Bertz CT molecular complexity index is 296. The highest BCUT2D eigenvalue weighted by molar-refractivity contribution is 7.99. The normalized spacial score (nSPS) is 28.5. The summed E-state index contributed by atoms with van der Waals surface area (Å²) in [6.07, 6.45) is 4.49. The van der Waals surface area contributed by atoms with Crippen molar-refractivity contribution in [3.63, 3.8) is 0 Å². The van der Waals surface area contributed by atoms with Gasteiger partial charge in [0.25, 0.3) is 0 Å². The van der Waals surface area contributed by atoms with E-state index in [-0.39, 0.29) is 5.54 Å². The molecule has 11 heavy (non-hydrogen) atoms. The second kappa shape index (κ2) is 2.11. The standard InChI is InChI=1S/C7H8N2OS/c1-7(3-10)4-11-6-2-8-5-9(6)7/h2-3,5H,4H2,1H3. The van der Waals surface area contributed by atoms with E-state index >= 15 is 0 Å². The lowest BCUT2D eigenvalue weighted by Gasteiger charge is -2.16. The number of hydrogen-bond acceptors (Lipinski definition) is 3. The lowest BCUT2D eigenvalue weighted by atomic mass is 10.1. The molecule has 4 heteroatoms. The molecule has 1 aromatic rings. The lowest BCUT2D eigenvalue weighted by molar-refractivity contribution is -0.113. The van der Waals surface area contributed by atoms with E-state index in [9.17, 15) is 4.79 Å². The van der Waals surface area contributed by atoms with E-state index < -0.39 is 0 Å². The molecule has 0 radical (unpaired) electrons. The molecule has 1 aliphatic rings. The Hall–Kier alpha value is -0.770. The fraction of sp³-hybridized carbons (Fsp3) is 0.429. The number of thioether (sulfide) groups is 1. The Morgan fingerprint density at radius 3 is 3.45 bits per heavy atom. The zero-order valence-corrected chi connectivity index (χ0v) is 6.97. The average Bonchev–Trinajstić information content (AvgIpc) is 2.55. The van der Waals surface area contributed by atoms with Crippen LogP contribution in [-0.2, 0) is 10.3 Å². The van der Waals surface area contributed by atoms with E-state index in [2.05, 4.69) is 4.98 Å². The minimum Gasteiger partial charge on any atom is -0.312 e. The molecule has 1 aromatic heterocycles. The van der Waals surface area contributed by atoms with Crippen LogP contribution < -0.4 is 0 Å². The molecule has 1 atom stereocenters. The zero-order chi connectivity index (χ0) is 7.90. The second-order valence-corrected chi connectivity index (χ2v) is 3.86. The van der Waals surface area contributed by atoms with Crippen LogP contribution in [0.2, 0.25) is 0 Å². The summed E-state index contributed by atoms with van der Waals surface area (Å²) in [7, 11) is 0. The first-order valence-electron chi connectivity index (χ1n) is 3.38. The SMILES string of the molecule is CC1(C=O)CSc2cncn21. The molecule has 1 aliphatic heterocycles. The first-order chi connectivity index (χ1) is 5.26. The van der Waals surface area contributed by atoms with Crippen molar-refractivity contribution in [3.05, 3.63) is 12.5 Å². The van der Waals surface area contributed by atoms with E-state index in [1.54, 1.807) is 24.3 Å². The smallest absolute Gasteiger partial charge is 0.146 e. The molecule has 0 saturated heterocycles. The fourth-order valence-corrected chi connectivity index (χ4v) is 2.33. The van der Waals surface area contributed by atoms with Gasteiger partial charge in [-0.15, -0.1) is 11.8 Å². The third kappa shape index (κ3) is 0.822. The molecule has 58 valence electrons. The predicted octanol–water partition coefficient (Wildman–Crippen LogP) is 0.903. The van der Waals surface area contributed by atoms with Gasteiger partial charge in [0.05, 0.1) is 17.6 Å². The van der Waals surface area contributed by atoms with Gasteiger partial charge in [0.1, 0.15) is 11.8 Å². The van der Waals surface area contributed by atoms with Crippen molar-refractivity contribution < 1.29 is 4.79 Å². The van der Waals surface area contributed by atoms with Gasteiger partial charge in [0, 0.05) is 5.75 Å². The molecule has 0 saturated carbocycles. The van der Waals surface area contributed by atoms with E-state index in [1.165, 1.54) is 0 Å². The molecule has 0 bridgehead atoms. The van der Waals surface area contributed by atoms with Crippen molar-refractivity contribution in [1.29, 1.82) is 0 Å². The Kier molecular flexibility index (Phi) is 1.32. The van der Waals surface area contributed by atoms with Gasteiger partial charge < -0.3 is 9.36 Å². The van der Waals surface area contributed by atoms with Crippen molar-refractivity contribution in [2.75, 3.05) is 5.75 Å². The third-order valence-electron chi connectivity index (χ3n) is 1.92. The van der Waals surface area contributed by atoms with Gasteiger partial charge in [0.15, 0.2) is 0 Å². The maximum absolute atomic E-state index is 10.7. The van der Waals surface area contributed by atoms with Crippen LogP contribution >= 0.6 is 11.8 Å². The van der Waals surface area contributed by atoms with Gasteiger partial charge in [-0.1, -0.05) is 0 Å². The van der Waals surface area contributed by atoms with Gasteiger partial charge in [-0.2, -0.15) is 0 Å².